The van der Waals surface area contributed by atoms with Gasteiger partial charge in [-0.1, -0.05) is 12.1 Å². The summed E-state index contributed by atoms with van der Waals surface area (Å²) >= 11 is 0. The highest BCUT2D eigenvalue weighted by atomic mass is 16.5. The molecule has 6 nitrogen and oxygen atoms in total. The molecule has 2 amide bonds. The Bertz CT molecular complexity index is 847. The zero-order valence-corrected chi connectivity index (χ0v) is 14.5. The van der Waals surface area contributed by atoms with E-state index < -0.39 is 0 Å². The molecule has 26 heavy (non-hydrogen) atoms. The van der Waals surface area contributed by atoms with Crippen LogP contribution in [0.3, 0.4) is 0 Å². The van der Waals surface area contributed by atoms with Crippen molar-refractivity contribution in [3.8, 4) is 5.75 Å². The van der Waals surface area contributed by atoms with Crippen LogP contribution < -0.4 is 15.0 Å². The Kier molecular flexibility index (Phi) is 5.31. The first kappa shape index (κ1) is 17.7. The molecule has 0 bridgehead atoms. The van der Waals surface area contributed by atoms with Gasteiger partial charge in [0.05, 0.1) is 12.7 Å². The predicted molar refractivity (Wildman–Crippen MR) is 97.8 cm³/mol. The average Bonchev–Trinajstić information content (AvgIpc) is 3.10. The molecule has 0 aliphatic carbocycles. The summed E-state index contributed by atoms with van der Waals surface area (Å²) in [6.45, 7) is 0.888. The van der Waals surface area contributed by atoms with Crippen LogP contribution in [0.4, 0.5) is 5.69 Å². The SMILES string of the molecule is COc1ccccc1C(=O)NCCC(=O)c1ccc2c(c1)CCN2C=O. The lowest BCUT2D eigenvalue weighted by molar-refractivity contribution is -0.107. The number of nitrogens with one attached hydrogen (secondary N) is 1. The number of rotatable bonds is 7. The molecule has 1 aliphatic heterocycles. The minimum atomic E-state index is -0.272. The normalized spacial score (nSPS) is 12.4. The lowest BCUT2D eigenvalue weighted by Crippen LogP contribution is -2.26. The Hall–Kier alpha value is -3.15. The molecule has 1 heterocycles. The third-order valence-corrected chi connectivity index (χ3v) is 4.45. The smallest absolute Gasteiger partial charge is 0.255 e. The lowest BCUT2D eigenvalue weighted by Gasteiger charge is -2.11. The Morgan fingerprint density at radius 2 is 2.04 bits per heavy atom. The molecule has 2 aromatic rings. The van der Waals surface area contributed by atoms with Crippen LogP contribution in [0.5, 0.6) is 5.75 Å². The number of ether oxygens (including phenoxy) is 1. The van der Waals surface area contributed by atoms with Gasteiger partial charge in [-0.25, -0.2) is 0 Å². The molecule has 0 radical (unpaired) electrons. The number of carbonyl (C=O) groups excluding carboxylic acids is 3. The molecular weight excluding hydrogens is 332 g/mol. The van der Waals surface area contributed by atoms with Crippen LogP contribution in [0, 0.1) is 0 Å². The molecule has 134 valence electrons. The number of methoxy groups -OCH3 is 1. The average molecular weight is 352 g/mol. The number of amides is 2. The Labute approximate surface area is 151 Å². The number of para-hydroxylation sites is 1. The summed E-state index contributed by atoms with van der Waals surface area (Å²) in [4.78, 5) is 37.2. The van der Waals surface area contributed by atoms with E-state index in [0.29, 0.717) is 23.4 Å². The van der Waals surface area contributed by atoms with Gasteiger partial charge in [-0.15, -0.1) is 0 Å². The van der Waals surface area contributed by atoms with Crippen LogP contribution in [0.2, 0.25) is 0 Å². The highest BCUT2D eigenvalue weighted by Gasteiger charge is 2.20. The minimum absolute atomic E-state index is 0.0438. The van der Waals surface area contributed by atoms with E-state index in [1.165, 1.54) is 7.11 Å². The second-order valence-electron chi connectivity index (χ2n) is 6.02. The third kappa shape index (κ3) is 3.59. The summed E-state index contributed by atoms with van der Waals surface area (Å²) in [6, 6.07) is 12.3. The molecule has 0 fully saturated rings. The van der Waals surface area contributed by atoms with E-state index in [-0.39, 0.29) is 24.7 Å². The van der Waals surface area contributed by atoms with E-state index in [1.807, 2.05) is 6.07 Å². The van der Waals surface area contributed by atoms with Crippen LogP contribution in [-0.4, -0.2) is 38.3 Å². The first-order valence-electron chi connectivity index (χ1n) is 8.43. The van der Waals surface area contributed by atoms with Crippen molar-refractivity contribution in [3.05, 3.63) is 59.2 Å². The maximum atomic E-state index is 12.4. The monoisotopic (exact) mass is 352 g/mol. The van der Waals surface area contributed by atoms with Gasteiger partial charge in [0.2, 0.25) is 6.41 Å². The molecule has 0 aromatic heterocycles. The van der Waals surface area contributed by atoms with Crippen LogP contribution in [0.25, 0.3) is 0 Å². The fourth-order valence-electron chi connectivity index (χ4n) is 3.07. The van der Waals surface area contributed by atoms with Crippen molar-refractivity contribution in [2.45, 2.75) is 12.8 Å². The van der Waals surface area contributed by atoms with Gasteiger partial charge in [0.25, 0.3) is 5.91 Å². The maximum absolute atomic E-state index is 12.4. The van der Waals surface area contributed by atoms with Gasteiger partial charge < -0.3 is 15.0 Å². The van der Waals surface area contributed by atoms with E-state index >= 15 is 0 Å². The number of benzene rings is 2. The molecule has 0 unspecified atom stereocenters. The van der Waals surface area contributed by atoms with Crippen molar-refractivity contribution in [1.29, 1.82) is 0 Å². The van der Waals surface area contributed by atoms with E-state index in [0.717, 1.165) is 24.1 Å². The van der Waals surface area contributed by atoms with Gasteiger partial charge in [-0.05, 0) is 42.3 Å². The van der Waals surface area contributed by atoms with Gasteiger partial charge >= 0.3 is 0 Å². The zero-order chi connectivity index (χ0) is 18.5. The van der Waals surface area contributed by atoms with Crippen molar-refractivity contribution < 1.29 is 19.1 Å². The number of Topliss-reactive ketones (excluding diaryl/α,β-unsaturated/α-hetero) is 1. The largest absolute Gasteiger partial charge is 0.496 e. The van der Waals surface area contributed by atoms with E-state index in [2.05, 4.69) is 5.32 Å². The Morgan fingerprint density at radius 3 is 2.81 bits per heavy atom. The number of nitrogens with zero attached hydrogens (tertiary/aromatic N) is 1. The highest BCUT2D eigenvalue weighted by molar-refractivity contribution is 5.99. The van der Waals surface area contributed by atoms with Crippen molar-refractivity contribution in [2.24, 2.45) is 0 Å². The molecule has 1 N–H and O–H groups in total. The molecule has 3 rings (SSSR count). The van der Waals surface area contributed by atoms with Gasteiger partial charge in [-0.3, -0.25) is 14.4 Å². The second-order valence-corrected chi connectivity index (χ2v) is 6.02. The number of anilines is 1. The topological polar surface area (TPSA) is 75.7 Å². The summed E-state index contributed by atoms with van der Waals surface area (Å²) in [5.41, 5.74) is 2.90. The van der Waals surface area contributed by atoms with Crippen molar-refractivity contribution in [2.75, 3.05) is 25.1 Å². The molecule has 0 saturated heterocycles. The van der Waals surface area contributed by atoms with Gasteiger partial charge in [0, 0.05) is 30.8 Å². The van der Waals surface area contributed by atoms with Gasteiger partial charge in [-0.2, -0.15) is 0 Å². The molecule has 0 saturated carbocycles. The Balaban J connectivity index is 1.58. The lowest BCUT2D eigenvalue weighted by atomic mass is 10.0. The number of fused-ring (bicyclic) bond motifs is 1. The molecule has 6 heteroatoms. The van der Waals surface area contributed by atoms with Gasteiger partial charge in [0.15, 0.2) is 5.78 Å². The summed E-state index contributed by atoms with van der Waals surface area (Å²) in [5.74, 6) is 0.179. The summed E-state index contributed by atoms with van der Waals surface area (Å²) in [6.07, 6.45) is 1.76. The number of carbonyl (C=O) groups is 3. The third-order valence-electron chi connectivity index (χ3n) is 4.45. The predicted octanol–water partition coefficient (Wildman–Crippen LogP) is 2.22. The standard InChI is InChI=1S/C20H20N2O4/c1-26-19-5-3-2-4-16(19)20(25)21-10-8-18(24)15-6-7-17-14(12-15)9-11-22(17)13-23/h2-7,12-13H,8-11H2,1H3,(H,21,25). The fourth-order valence-corrected chi connectivity index (χ4v) is 3.07. The van der Waals surface area contributed by atoms with E-state index in [4.69, 9.17) is 4.74 Å². The molecular formula is C20H20N2O4. The van der Waals surface area contributed by atoms with Crippen molar-refractivity contribution in [3.63, 3.8) is 0 Å². The summed E-state index contributed by atoms with van der Waals surface area (Å²) in [5, 5.41) is 2.75. The first-order valence-corrected chi connectivity index (χ1v) is 8.43. The number of hydrogen-bond donors (Lipinski definition) is 1. The fraction of sp³-hybridized carbons (Fsp3) is 0.250. The molecule has 0 spiro atoms. The molecule has 0 atom stereocenters. The van der Waals surface area contributed by atoms with Crippen molar-refractivity contribution >= 4 is 23.8 Å². The van der Waals surface area contributed by atoms with E-state index in [1.54, 1.807) is 41.3 Å². The highest BCUT2D eigenvalue weighted by Crippen LogP contribution is 2.28. The maximum Gasteiger partial charge on any atom is 0.255 e. The minimum Gasteiger partial charge on any atom is -0.496 e. The van der Waals surface area contributed by atoms with Crippen LogP contribution >= 0.6 is 0 Å². The molecule has 1 aliphatic rings. The van der Waals surface area contributed by atoms with Crippen LogP contribution in [-0.2, 0) is 11.2 Å². The summed E-state index contributed by atoms with van der Waals surface area (Å²) < 4.78 is 5.17. The summed E-state index contributed by atoms with van der Waals surface area (Å²) in [7, 11) is 1.51. The van der Waals surface area contributed by atoms with Crippen LogP contribution in [0.15, 0.2) is 42.5 Å². The Morgan fingerprint density at radius 1 is 1.23 bits per heavy atom. The van der Waals surface area contributed by atoms with Gasteiger partial charge in [0.1, 0.15) is 5.75 Å². The van der Waals surface area contributed by atoms with Crippen LogP contribution in [0.1, 0.15) is 32.7 Å². The van der Waals surface area contributed by atoms with E-state index in [9.17, 15) is 14.4 Å². The number of ketones is 1. The first-order chi connectivity index (χ1) is 12.6. The quantitative estimate of drug-likeness (QED) is 0.612. The zero-order valence-electron chi connectivity index (χ0n) is 14.5. The van der Waals surface area contributed by atoms with Crippen molar-refractivity contribution in [1.82, 2.24) is 5.32 Å². The number of hydrogen-bond acceptors (Lipinski definition) is 4. The molecule has 2 aromatic carbocycles. The second kappa shape index (κ2) is 7.82.